The third kappa shape index (κ3) is 4.24. The van der Waals surface area contributed by atoms with E-state index in [1.165, 1.54) is 12.8 Å². The predicted octanol–water partition coefficient (Wildman–Crippen LogP) is 0.648. The number of piperidine rings is 2. The molecule has 1 aromatic carbocycles. The Balaban J connectivity index is 1.24. The zero-order valence-corrected chi connectivity index (χ0v) is 17.8. The molecule has 2 unspecified atom stereocenters. The van der Waals surface area contributed by atoms with Crippen LogP contribution in [0.25, 0.3) is 0 Å². The molecule has 3 amide bonds. The molecule has 3 fully saturated rings. The Morgan fingerprint density at radius 1 is 1.10 bits per heavy atom. The van der Waals surface area contributed by atoms with Gasteiger partial charge in [-0.3, -0.25) is 24.6 Å². The normalized spacial score (nSPS) is 28.0. The first-order chi connectivity index (χ1) is 15.1. The van der Waals surface area contributed by atoms with E-state index in [0.29, 0.717) is 24.4 Å². The molecule has 4 aliphatic rings. The standard InChI is InChI=1S/C23H30N4O4/c28-21-4-3-19(22(29)25-21)27-13-17-2-1-15(11-18(17)23(27)30)12-26-9-10-31-20(14-26)16-5-7-24-8-6-16/h1-2,11,16,19-20,24H,3-10,12-14H2,(H,25,28,29). The van der Waals surface area contributed by atoms with Crippen LogP contribution in [-0.2, 0) is 27.4 Å². The summed E-state index contributed by atoms with van der Waals surface area (Å²) in [4.78, 5) is 40.8. The van der Waals surface area contributed by atoms with Crippen molar-refractivity contribution in [1.82, 2.24) is 20.4 Å². The lowest BCUT2D eigenvalue weighted by Crippen LogP contribution is -2.52. The molecule has 0 saturated carbocycles. The minimum absolute atomic E-state index is 0.110. The molecule has 31 heavy (non-hydrogen) atoms. The fourth-order valence-electron chi connectivity index (χ4n) is 5.33. The number of ether oxygens (including phenoxy) is 1. The number of fused-ring (bicyclic) bond motifs is 1. The fourth-order valence-corrected chi connectivity index (χ4v) is 5.33. The number of morpholine rings is 1. The zero-order chi connectivity index (χ0) is 21.4. The molecule has 2 atom stereocenters. The maximum Gasteiger partial charge on any atom is 0.255 e. The fraction of sp³-hybridized carbons (Fsp3) is 0.609. The molecule has 5 rings (SSSR count). The van der Waals surface area contributed by atoms with Crippen molar-refractivity contribution in [1.29, 1.82) is 0 Å². The first-order valence-electron chi connectivity index (χ1n) is 11.4. The summed E-state index contributed by atoms with van der Waals surface area (Å²) in [5.74, 6) is -0.121. The Kier molecular flexibility index (Phi) is 5.77. The van der Waals surface area contributed by atoms with E-state index in [9.17, 15) is 14.4 Å². The molecule has 8 nitrogen and oxygen atoms in total. The Labute approximate surface area is 182 Å². The van der Waals surface area contributed by atoms with Crippen LogP contribution in [0.1, 0.15) is 47.2 Å². The molecule has 3 saturated heterocycles. The number of carbonyl (C=O) groups is 3. The van der Waals surface area contributed by atoms with Crippen molar-refractivity contribution in [3.05, 3.63) is 34.9 Å². The third-order valence-corrected chi connectivity index (χ3v) is 7.09. The topological polar surface area (TPSA) is 91.0 Å². The molecular formula is C23H30N4O4. The van der Waals surface area contributed by atoms with Gasteiger partial charge in [0.05, 0.1) is 12.7 Å². The highest BCUT2D eigenvalue weighted by Gasteiger charge is 2.39. The SMILES string of the molecule is O=C1CCC(N2Cc3ccc(CN4CCOC(C5CCNCC5)C4)cc3C2=O)C(=O)N1. The predicted molar refractivity (Wildman–Crippen MR) is 113 cm³/mol. The van der Waals surface area contributed by atoms with Crippen LogP contribution in [0.2, 0.25) is 0 Å². The molecule has 0 radical (unpaired) electrons. The molecule has 0 aromatic heterocycles. The lowest BCUT2D eigenvalue weighted by molar-refractivity contribution is -0.136. The Bertz CT molecular complexity index is 882. The van der Waals surface area contributed by atoms with Gasteiger partial charge < -0.3 is 15.0 Å². The van der Waals surface area contributed by atoms with Crippen LogP contribution in [0.4, 0.5) is 0 Å². The Morgan fingerprint density at radius 2 is 1.94 bits per heavy atom. The van der Waals surface area contributed by atoms with Crippen LogP contribution in [0.15, 0.2) is 18.2 Å². The van der Waals surface area contributed by atoms with Gasteiger partial charge in [0.25, 0.3) is 5.91 Å². The summed E-state index contributed by atoms with van der Waals surface area (Å²) in [6.45, 7) is 5.94. The second-order valence-corrected chi connectivity index (χ2v) is 9.12. The summed E-state index contributed by atoms with van der Waals surface area (Å²) in [5, 5.41) is 5.77. The highest BCUT2D eigenvalue weighted by atomic mass is 16.5. The molecule has 0 aliphatic carbocycles. The lowest BCUT2D eigenvalue weighted by Gasteiger charge is -2.38. The summed E-state index contributed by atoms with van der Waals surface area (Å²) in [6.07, 6.45) is 3.29. The number of nitrogens with one attached hydrogen (secondary N) is 2. The van der Waals surface area contributed by atoms with Crippen LogP contribution in [-0.4, -0.2) is 72.5 Å². The van der Waals surface area contributed by atoms with Gasteiger partial charge in [-0.15, -0.1) is 0 Å². The van der Waals surface area contributed by atoms with Gasteiger partial charge in [-0.1, -0.05) is 12.1 Å². The third-order valence-electron chi connectivity index (χ3n) is 7.09. The molecule has 4 aliphatic heterocycles. The highest BCUT2D eigenvalue weighted by Crippen LogP contribution is 2.29. The van der Waals surface area contributed by atoms with Gasteiger partial charge in [0, 0.05) is 38.2 Å². The van der Waals surface area contributed by atoms with Gasteiger partial charge in [-0.05, 0) is 55.5 Å². The number of hydrogen-bond acceptors (Lipinski definition) is 6. The summed E-state index contributed by atoms with van der Waals surface area (Å²) in [7, 11) is 0. The van der Waals surface area contributed by atoms with Gasteiger partial charge in [0.2, 0.25) is 11.8 Å². The van der Waals surface area contributed by atoms with Crippen molar-refractivity contribution in [3.8, 4) is 0 Å². The average Bonchev–Trinajstić information content (AvgIpc) is 3.10. The quantitative estimate of drug-likeness (QED) is 0.687. The number of rotatable bonds is 4. The molecular weight excluding hydrogens is 396 g/mol. The van der Waals surface area contributed by atoms with Crippen molar-refractivity contribution in [2.75, 3.05) is 32.8 Å². The second kappa shape index (κ2) is 8.68. The highest BCUT2D eigenvalue weighted by molar-refractivity contribution is 6.05. The van der Waals surface area contributed by atoms with Crippen molar-refractivity contribution in [2.24, 2.45) is 5.92 Å². The van der Waals surface area contributed by atoms with E-state index in [0.717, 1.165) is 50.5 Å². The van der Waals surface area contributed by atoms with Crippen molar-refractivity contribution >= 4 is 17.7 Å². The molecule has 1 aromatic rings. The van der Waals surface area contributed by atoms with Crippen LogP contribution < -0.4 is 10.6 Å². The van der Waals surface area contributed by atoms with E-state index in [-0.39, 0.29) is 30.2 Å². The summed E-state index contributed by atoms with van der Waals surface area (Å²) >= 11 is 0. The van der Waals surface area contributed by atoms with Gasteiger partial charge >= 0.3 is 0 Å². The van der Waals surface area contributed by atoms with E-state index < -0.39 is 6.04 Å². The van der Waals surface area contributed by atoms with Crippen LogP contribution in [0.5, 0.6) is 0 Å². The Hall–Kier alpha value is -2.29. The molecule has 0 bridgehead atoms. The maximum absolute atomic E-state index is 13.0. The van der Waals surface area contributed by atoms with E-state index in [1.807, 2.05) is 12.1 Å². The summed E-state index contributed by atoms with van der Waals surface area (Å²) in [5.41, 5.74) is 2.75. The van der Waals surface area contributed by atoms with E-state index in [2.05, 4.69) is 21.6 Å². The van der Waals surface area contributed by atoms with Crippen molar-refractivity contribution in [3.63, 3.8) is 0 Å². The number of hydrogen-bond donors (Lipinski definition) is 2. The van der Waals surface area contributed by atoms with Gasteiger partial charge in [-0.2, -0.15) is 0 Å². The van der Waals surface area contributed by atoms with Crippen LogP contribution >= 0.6 is 0 Å². The van der Waals surface area contributed by atoms with E-state index in [1.54, 1.807) is 4.90 Å². The lowest BCUT2D eigenvalue weighted by atomic mass is 9.91. The second-order valence-electron chi connectivity index (χ2n) is 9.12. The molecule has 8 heteroatoms. The zero-order valence-electron chi connectivity index (χ0n) is 17.8. The van der Waals surface area contributed by atoms with Crippen molar-refractivity contribution in [2.45, 2.75) is 50.9 Å². The maximum atomic E-state index is 13.0. The van der Waals surface area contributed by atoms with E-state index >= 15 is 0 Å². The summed E-state index contributed by atoms with van der Waals surface area (Å²) < 4.78 is 6.08. The number of amides is 3. The average molecular weight is 427 g/mol. The first kappa shape index (κ1) is 20.6. The number of benzene rings is 1. The van der Waals surface area contributed by atoms with Crippen LogP contribution in [0, 0.1) is 5.92 Å². The minimum Gasteiger partial charge on any atom is -0.375 e. The largest absolute Gasteiger partial charge is 0.375 e. The number of imide groups is 1. The van der Waals surface area contributed by atoms with Gasteiger partial charge in [-0.25, -0.2) is 0 Å². The monoisotopic (exact) mass is 426 g/mol. The number of carbonyl (C=O) groups excluding carboxylic acids is 3. The molecule has 2 N–H and O–H groups in total. The molecule has 0 spiro atoms. The minimum atomic E-state index is -0.564. The van der Waals surface area contributed by atoms with Gasteiger partial charge in [0.15, 0.2) is 0 Å². The van der Waals surface area contributed by atoms with Crippen molar-refractivity contribution < 1.29 is 19.1 Å². The first-order valence-corrected chi connectivity index (χ1v) is 11.4. The van der Waals surface area contributed by atoms with Crippen LogP contribution in [0.3, 0.4) is 0 Å². The van der Waals surface area contributed by atoms with Gasteiger partial charge in [0.1, 0.15) is 6.04 Å². The molecule has 4 heterocycles. The smallest absolute Gasteiger partial charge is 0.255 e. The summed E-state index contributed by atoms with van der Waals surface area (Å²) in [6, 6.07) is 5.53. The van der Waals surface area contributed by atoms with E-state index in [4.69, 9.17) is 4.74 Å². The Morgan fingerprint density at radius 3 is 2.74 bits per heavy atom. The molecule has 166 valence electrons. The number of nitrogens with zero attached hydrogens (tertiary/aromatic N) is 2.